The molecular weight excluding hydrogens is 286 g/mol. The van der Waals surface area contributed by atoms with Crippen molar-refractivity contribution in [1.29, 1.82) is 0 Å². The Labute approximate surface area is 135 Å². The highest BCUT2D eigenvalue weighted by molar-refractivity contribution is 5.59. The minimum Gasteiger partial charge on any atom is -0.362 e. The van der Waals surface area contributed by atoms with Gasteiger partial charge in [0.2, 0.25) is 0 Å². The van der Waals surface area contributed by atoms with Gasteiger partial charge in [-0.25, -0.2) is 9.97 Å². The van der Waals surface area contributed by atoms with Crippen LogP contribution in [0.5, 0.6) is 0 Å². The largest absolute Gasteiger partial charge is 0.362 e. The van der Waals surface area contributed by atoms with E-state index in [9.17, 15) is 0 Å². The van der Waals surface area contributed by atoms with Crippen LogP contribution in [0.3, 0.4) is 0 Å². The van der Waals surface area contributed by atoms with Crippen molar-refractivity contribution >= 4 is 5.82 Å². The molecule has 0 aromatic carbocycles. The van der Waals surface area contributed by atoms with E-state index in [-0.39, 0.29) is 6.04 Å². The molecule has 3 heterocycles. The van der Waals surface area contributed by atoms with Crippen molar-refractivity contribution in [2.24, 2.45) is 0 Å². The Morgan fingerprint density at radius 1 is 1.00 bits per heavy atom. The third kappa shape index (κ3) is 3.34. The van der Waals surface area contributed by atoms with E-state index >= 15 is 0 Å². The summed E-state index contributed by atoms with van der Waals surface area (Å²) in [6.45, 7) is 6.09. The van der Waals surface area contributed by atoms with Crippen molar-refractivity contribution in [1.82, 2.24) is 19.9 Å². The molecule has 0 spiro atoms. The lowest BCUT2D eigenvalue weighted by Crippen LogP contribution is -2.12. The molecule has 0 aliphatic heterocycles. The zero-order chi connectivity index (χ0) is 16.2. The summed E-state index contributed by atoms with van der Waals surface area (Å²) >= 11 is 0. The Morgan fingerprint density at radius 2 is 1.87 bits per heavy atom. The second-order valence-electron chi connectivity index (χ2n) is 5.47. The fourth-order valence-corrected chi connectivity index (χ4v) is 2.30. The predicted octanol–water partition coefficient (Wildman–Crippen LogP) is 3.72. The normalized spacial score (nSPS) is 12.0. The number of aromatic nitrogens is 4. The summed E-state index contributed by atoms with van der Waals surface area (Å²) in [5.74, 6) is 1.51. The van der Waals surface area contributed by atoms with Gasteiger partial charge in [-0.3, -0.25) is 9.97 Å². The summed E-state index contributed by atoms with van der Waals surface area (Å²) < 4.78 is 0. The van der Waals surface area contributed by atoms with E-state index in [2.05, 4.69) is 32.2 Å². The molecule has 116 valence electrons. The number of pyridine rings is 2. The van der Waals surface area contributed by atoms with Crippen molar-refractivity contribution in [3.63, 3.8) is 0 Å². The number of hydrogen-bond donors (Lipinski definition) is 1. The number of aryl methyl sites for hydroxylation is 1. The van der Waals surface area contributed by atoms with E-state index in [0.717, 1.165) is 28.3 Å². The van der Waals surface area contributed by atoms with Gasteiger partial charge in [0, 0.05) is 35.4 Å². The number of hydrogen-bond acceptors (Lipinski definition) is 5. The molecule has 0 aliphatic rings. The van der Waals surface area contributed by atoms with E-state index in [1.165, 1.54) is 0 Å². The Bertz CT molecular complexity index is 787. The first-order valence-corrected chi connectivity index (χ1v) is 7.58. The lowest BCUT2D eigenvalue weighted by atomic mass is 10.1. The predicted molar refractivity (Wildman–Crippen MR) is 91.0 cm³/mol. The van der Waals surface area contributed by atoms with Crippen LogP contribution in [-0.4, -0.2) is 19.9 Å². The molecule has 1 N–H and O–H groups in total. The minimum absolute atomic E-state index is 0.0611. The minimum atomic E-state index is 0.0611. The fourth-order valence-electron chi connectivity index (χ4n) is 2.30. The zero-order valence-corrected chi connectivity index (χ0v) is 13.5. The van der Waals surface area contributed by atoms with Crippen LogP contribution in [0.1, 0.15) is 29.9 Å². The second-order valence-corrected chi connectivity index (χ2v) is 5.47. The number of nitrogens with one attached hydrogen (secondary N) is 1. The lowest BCUT2D eigenvalue weighted by molar-refractivity contribution is 0.826. The standard InChI is InChI=1S/C18H19N5/c1-12-13(2)21-18(15-7-6-9-19-11-15)23-17(12)22-14(3)16-8-4-5-10-20-16/h4-11,14H,1-3H3,(H,21,22,23). The van der Waals surface area contributed by atoms with Crippen LogP contribution in [0.15, 0.2) is 48.9 Å². The summed E-state index contributed by atoms with van der Waals surface area (Å²) in [4.78, 5) is 17.8. The fraction of sp³-hybridized carbons (Fsp3) is 0.222. The average Bonchev–Trinajstić information content (AvgIpc) is 2.60. The van der Waals surface area contributed by atoms with Gasteiger partial charge in [-0.1, -0.05) is 6.07 Å². The molecule has 0 bridgehead atoms. The topological polar surface area (TPSA) is 63.6 Å². The highest BCUT2D eigenvalue weighted by Gasteiger charge is 2.13. The van der Waals surface area contributed by atoms with Crippen molar-refractivity contribution in [2.75, 3.05) is 5.32 Å². The maximum Gasteiger partial charge on any atom is 0.163 e. The lowest BCUT2D eigenvalue weighted by Gasteiger charge is -2.17. The van der Waals surface area contributed by atoms with E-state index in [4.69, 9.17) is 0 Å². The smallest absolute Gasteiger partial charge is 0.163 e. The van der Waals surface area contributed by atoms with Gasteiger partial charge in [0.05, 0.1) is 11.7 Å². The zero-order valence-electron chi connectivity index (χ0n) is 13.5. The van der Waals surface area contributed by atoms with Crippen LogP contribution in [0, 0.1) is 13.8 Å². The van der Waals surface area contributed by atoms with Gasteiger partial charge in [0.25, 0.3) is 0 Å². The van der Waals surface area contributed by atoms with Crippen molar-refractivity contribution < 1.29 is 0 Å². The Kier molecular flexibility index (Phi) is 4.28. The van der Waals surface area contributed by atoms with Gasteiger partial charge in [-0.2, -0.15) is 0 Å². The molecule has 0 amide bonds. The summed E-state index contributed by atoms with van der Waals surface area (Å²) in [6, 6.07) is 9.81. The molecular formula is C18H19N5. The molecule has 3 aromatic heterocycles. The van der Waals surface area contributed by atoms with E-state index in [0.29, 0.717) is 5.82 Å². The highest BCUT2D eigenvalue weighted by Crippen LogP contribution is 2.24. The molecule has 0 aliphatic carbocycles. The number of rotatable bonds is 4. The van der Waals surface area contributed by atoms with Crippen LogP contribution in [0.2, 0.25) is 0 Å². The van der Waals surface area contributed by atoms with Gasteiger partial charge < -0.3 is 5.32 Å². The van der Waals surface area contributed by atoms with Crippen LogP contribution in [0.4, 0.5) is 5.82 Å². The quantitative estimate of drug-likeness (QED) is 0.796. The second kappa shape index (κ2) is 6.52. The van der Waals surface area contributed by atoms with Gasteiger partial charge in [-0.15, -0.1) is 0 Å². The number of anilines is 1. The molecule has 1 atom stereocenters. The van der Waals surface area contributed by atoms with Gasteiger partial charge in [-0.05, 0) is 45.0 Å². The summed E-state index contributed by atoms with van der Waals surface area (Å²) in [5.41, 5.74) is 3.88. The monoisotopic (exact) mass is 305 g/mol. The summed E-state index contributed by atoms with van der Waals surface area (Å²) in [7, 11) is 0. The summed E-state index contributed by atoms with van der Waals surface area (Å²) in [6.07, 6.45) is 5.32. The van der Waals surface area contributed by atoms with Gasteiger partial charge >= 0.3 is 0 Å². The maximum atomic E-state index is 4.68. The van der Waals surface area contributed by atoms with Crippen molar-refractivity contribution in [2.45, 2.75) is 26.8 Å². The highest BCUT2D eigenvalue weighted by atomic mass is 15.1. The third-order valence-corrected chi connectivity index (χ3v) is 3.79. The first-order chi connectivity index (χ1) is 11.1. The van der Waals surface area contributed by atoms with Crippen LogP contribution in [0.25, 0.3) is 11.4 Å². The van der Waals surface area contributed by atoms with E-state index in [1.54, 1.807) is 18.6 Å². The average molecular weight is 305 g/mol. The molecule has 0 saturated carbocycles. The molecule has 0 radical (unpaired) electrons. The third-order valence-electron chi connectivity index (χ3n) is 3.79. The van der Waals surface area contributed by atoms with E-state index < -0.39 is 0 Å². The Morgan fingerprint density at radius 3 is 2.57 bits per heavy atom. The first-order valence-electron chi connectivity index (χ1n) is 7.58. The molecule has 1 unspecified atom stereocenters. The van der Waals surface area contributed by atoms with Crippen LogP contribution in [-0.2, 0) is 0 Å². The van der Waals surface area contributed by atoms with Crippen molar-refractivity contribution in [3.8, 4) is 11.4 Å². The SMILES string of the molecule is Cc1nc(-c2cccnc2)nc(NC(C)c2ccccn2)c1C. The Hall–Kier alpha value is -2.82. The van der Waals surface area contributed by atoms with Crippen LogP contribution < -0.4 is 5.32 Å². The molecule has 3 aromatic rings. The Balaban J connectivity index is 1.94. The molecule has 0 fully saturated rings. The van der Waals surface area contributed by atoms with E-state index in [1.807, 2.05) is 44.2 Å². The van der Waals surface area contributed by atoms with Gasteiger partial charge in [0.1, 0.15) is 5.82 Å². The molecule has 5 heteroatoms. The van der Waals surface area contributed by atoms with Crippen molar-refractivity contribution in [3.05, 3.63) is 65.9 Å². The first kappa shape index (κ1) is 15.1. The summed E-state index contributed by atoms with van der Waals surface area (Å²) in [5, 5.41) is 3.44. The molecule has 23 heavy (non-hydrogen) atoms. The molecule has 5 nitrogen and oxygen atoms in total. The van der Waals surface area contributed by atoms with Crippen LogP contribution >= 0.6 is 0 Å². The molecule has 0 saturated heterocycles. The maximum absolute atomic E-state index is 4.68. The molecule has 3 rings (SSSR count). The number of nitrogens with zero attached hydrogens (tertiary/aromatic N) is 4. The van der Waals surface area contributed by atoms with Gasteiger partial charge in [0.15, 0.2) is 5.82 Å².